The van der Waals surface area contributed by atoms with E-state index in [-0.39, 0.29) is 11.7 Å². The highest BCUT2D eigenvalue weighted by Crippen LogP contribution is 2.19. The van der Waals surface area contributed by atoms with E-state index in [1.54, 1.807) is 24.3 Å². The van der Waals surface area contributed by atoms with Gasteiger partial charge in [0.05, 0.1) is 0 Å². The minimum atomic E-state index is -0.754. The van der Waals surface area contributed by atoms with Gasteiger partial charge in [0.2, 0.25) is 5.82 Å². The summed E-state index contributed by atoms with van der Waals surface area (Å²) in [6, 6.07) is 6.89. The molecule has 2 rings (SSSR count). The molecular formula is C9H6ClN3O2. The van der Waals surface area contributed by atoms with Crippen LogP contribution in [-0.4, -0.2) is 16.0 Å². The fourth-order valence-corrected chi connectivity index (χ4v) is 1.26. The van der Waals surface area contributed by atoms with Crippen molar-refractivity contribution < 1.29 is 9.32 Å². The highest BCUT2D eigenvalue weighted by Gasteiger charge is 2.12. The molecule has 0 saturated carbocycles. The van der Waals surface area contributed by atoms with E-state index in [4.69, 9.17) is 17.3 Å². The molecule has 0 unspecified atom stereocenters. The number of primary amides is 1. The van der Waals surface area contributed by atoms with Crippen molar-refractivity contribution in [1.82, 2.24) is 10.1 Å². The first-order valence-corrected chi connectivity index (χ1v) is 4.44. The fourth-order valence-electron chi connectivity index (χ4n) is 1.07. The van der Waals surface area contributed by atoms with Gasteiger partial charge in [0.25, 0.3) is 0 Å². The van der Waals surface area contributed by atoms with Gasteiger partial charge in [0.1, 0.15) is 0 Å². The van der Waals surface area contributed by atoms with Gasteiger partial charge in [-0.2, -0.15) is 4.98 Å². The number of hydrogen-bond acceptors (Lipinski definition) is 4. The minimum absolute atomic E-state index is 0.218. The summed E-state index contributed by atoms with van der Waals surface area (Å²) in [5.41, 5.74) is 5.64. The number of benzene rings is 1. The molecule has 6 heteroatoms. The molecule has 76 valence electrons. The summed E-state index contributed by atoms with van der Waals surface area (Å²) < 4.78 is 4.64. The van der Waals surface area contributed by atoms with Gasteiger partial charge in [0.15, 0.2) is 0 Å². The molecule has 0 saturated heterocycles. The molecule has 0 bridgehead atoms. The molecule has 2 N–H and O–H groups in total. The number of amides is 1. The molecule has 0 aliphatic carbocycles. The lowest BCUT2D eigenvalue weighted by Gasteiger charge is -1.93. The normalized spacial score (nSPS) is 10.2. The van der Waals surface area contributed by atoms with Crippen LogP contribution in [-0.2, 0) is 0 Å². The van der Waals surface area contributed by atoms with Crippen LogP contribution in [0.5, 0.6) is 0 Å². The van der Waals surface area contributed by atoms with Crippen LogP contribution >= 0.6 is 11.6 Å². The van der Waals surface area contributed by atoms with Gasteiger partial charge in [-0.25, -0.2) is 0 Å². The van der Waals surface area contributed by atoms with Gasteiger partial charge in [-0.15, -0.1) is 0 Å². The number of aromatic nitrogens is 2. The molecule has 15 heavy (non-hydrogen) atoms. The Kier molecular flexibility index (Phi) is 2.39. The highest BCUT2D eigenvalue weighted by atomic mass is 35.5. The molecule has 0 radical (unpaired) electrons. The number of hydrogen-bond donors (Lipinski definition) is 1. The van der Waals surface area contributed by atoms with E-state index in [9.17, 15) is 4.79 Å². The highest BCUT2D eigenvalue weighted by molar-refractivity contribution is 6.30. The molecule has 1 aromatic carbocycles. The van der Waals surface area contributed by atoms with Crippen LogP contribution < -0.4 is 5.73 Å². The van der Waals surface area contributed by atoms with Gasteiger partial charge < -0.3 is 10.3 Å². The van der Waals surface area contributed by atoms with Gasteiger partial charge in [-0.05, 0) is 12.1 Å². The van der Waals surface area contributed by atoms with E-state index in [2.05, 4.69) is 14.7 Å². The van der Waals surface area contributed by atoms with Crippen LogP contribution in [0.4, 0.5) is 0 Å². The van der Waals surface area contributed by atoms with Gasteiger partial charge in [-0.3, -0.25) is 4.79 Å². The zero-order chi connectivity index (χ0) is 10.8. The first-order valence-electron chi connectivity index (χ1n) is 4.06. The van der Waals surface area contributed by atoms with Gasteiger partial charge in [0, 0.05) is 10.6 Å². The van der Waals surface area contributed by atoms with Gasteiger partial charge in [-0.1, -0.05) is 28.9 Å². The first-order chi connectivity index (χ1) is 7.16. The minimum Gasteiger partial charge on any atom is -0.361 e. The van der Waals surface area contributed by atoms with Crippen molar-refractivity contribution in [3.05, 3.63) is 35.2 Å². The second-order valence-electron chi connectivity index (χ2n) is 2.80. The van der Waals surface area contributed by atoms with E-state index in [0.717, 1.165) is 0 Å². The van der Waals surface area contributed by atoms with E-state index >= 15 is 0 Å². The summed E-state index contributed by atoms with van der Waals surface area (Å²) in [6.07, 6.45) is 0. The number of nitrogens with zero attached hydrogens (tertiary/aromatic N) is 2. The summed E-state index contributed by atoms with van der Waals surface area (Å²) in [5.74, 6) is -0.688. The van der Waals surface area contributed by atoms with Crippen molar-refractivity contribution in [3.8, 4) is 11.4 Å². The fraction of sp³-hybridized carbons (Fsp3) is 0. The summed E-state index contributed by atoms with van der Waals surface area (Å²) in [7, 11) is 0. The number of carbonyl (C=O) groups excluding carboxylic acids is 1. The number of nitrogens with two attached hydrogens (primary N) is 1. The molecule has 1 aromatic heterocycles. The Hall–Kier alpha value is -1.88. The van der Waals surface area contributed by atoms with Crippen molar-refractivity contribution in [2.24, 2.45) is 5.73 Å². The molecule has 0 fully saturated rings. The van der Waals surface area contributed by atoms with Crippen LogP contribution in [0.15, 0.2) is 28.8 Å². The first kappa shape index (κ1) is 9.67. The lowest BCUT2D eigenvalue weighted by atomic mass is 10.2. The van der Waals surface area contributed by atoms with Crippen molar-refractivity contribution in [3.63, 3.8) is 0 Å². The quantitative estimate of drug-likeness (QED) is 0.836. The monoisotopic (exact) mass is 223 g/mol. The van der Waals surface area contributed by atoms with Crippen molar-refractivity contribution in [1.29, 1.82) is 0 Å². The second kappa shape index (κ2) is 3.70. The Labute approximate surface area is 89.8 Å². The molecule has 1 amide bonds. The zero-order valence-corrected chi connectivity index (χ0v) is 8.23. The molecule has 0 aliphatic rings. The third kappa shape index (κ3) is 1.97. The molecule has 1 heterocycles. The Morgan fingerprint density at radius 1 is 1.47 bits per heavy atom. The van der Waals surface area contributed by atoms with E-state index in [0.29, 0.717) is 10.6 Å². The van der Waals surface area contributed by atoms with E-state index in [1.165, 1.54) is 0 Å². The molecule has 5 nitrogen and oxygen atoms in total. The number of carbonyl (C=O) groups is 1. The van der Waals surface area contributed by atoms with Crippen molar-refractivity contribution >= 4 is 17.5 Å². The maximum Gasteiger partial charge on any atom is 0.316 e. The molecule has 0 atom stereocenters. The molecule has 0 spiro atoms. The maximum absolute atomic E-state index is 10.7. The van der Waals surface area contributed by atoms with E-state index < -0.39 is 5.91 Å². The summed E-state index contributed by atoms with van der Waals surface area (Å²) in [6.45, 7) is 0. The topological polar surface area (TPSA) is 82.0 Å². The standard InChI is InChI=1S/C9H6ClN3O2/c10-6-3-1-2-5(4-6)8-12-9(7(11)14)15-13-8/h1-4H,(H2,11,14). The average Bonchev–Trinajstić information content (AvgIpc) is 2.66. The maximum atomic E-state index is 10.7. The van der Waals surface area contributed by atoms with Crippen LogP contribution in [0.2, 0.25) is 5.02 Å². The summed E-state index contributed by atoms with van der Waals surface area (Å²) >= 11 is 5.79. The van der Waals surface area contributed by atoms with Crippen molar-refractivity contribution in [2.75, 3.05) is 0 Å². The van der Waals surface area contributed by atoms with Crippen LogP contribution in [0.1, 0.15) is 10.7 Å². The third-order valence-corrected chi connectivity index (χ3v) is 1.95. The summed E-state index contributed by atoms with van der Waals surface area (Å²) in [4.78, 5) is 14.5. The largest absolute Gasteiger partial charge is 0.361 e. The Bertz CT molecular complexity index is 510. The van der Waals surface area contributed by atoms with Crippen LogP contribution in [0.25, 0.3) is 11.4 Å². The predicted octanol–water partition coefficient (Wildman–Crippen LogP) is 1.49. The van der Waals surface area contributed by atoms with Crippen molar-refractivity contribution in [2.45, 2.75) is 0 Å². The molecule has 0 aliphatic heterocycles. The van der Waals surface area contributed by atoms with E-state index in [1.807, 2.05) is 0 Å². The van der Waals surface area contributed by atoms with Crippen LogP contribution in [0.3, 0.4) is 0 Å². The number of halogens is 1. The Morgan fingerprint density at radius 3 is 2.87 bits per heavy atom. The van der Waals surface area contributed by atoms with Gasteiger partial charge >= 0.3 is 11.8 Å². The zero-order valence-electron chi connectivity index (χ0n) is 7.48. The number of rotatable bonds is 2. The smallest absolute Gasteiger partial charge is 0.316 e. The average molecular weight is 224 g/mol. The lowest BCUT2D eigenvalue weighted by molar-refractivity contribution is 0.0958. The molecular weight excluding hydrogens is 218 g/mol. The summed E-state index contributed by atoms with van der Waals surface area (Å²) in [5, 5.41) is 4.16. The second-order valence-corrected chi connectivity index (χ2v) is 3.23. The molecule has 2 aromatic rings. The lowest BCUT2D eigenvalue weighted by Crippen LogP contribution is -2.10. The third-order valence-electron chi connectivity index (χ3n) is 1.72. The Morgan fingerprint density at radius 2 is 2.27 bits per heavy atom. The SMILES string of the molecule is NC(=O)c1nc(-c2cccc(Cl)c2)no1. The van der Waals surface area contributed by atoms with Crippen LogP contribution in [0, 0.1) is 0 Å². The predicted molar refractivity (Wildman–Crippen MR) is 53.3 cm³/mol. The Balaban J connectivity index is 2.41.